The predicted molar refractivity (Wildman–Crippen MR) is 286 cm³/mol. The number of nitrogens with zero attached hydrogens (tertiary/aromatic N) is 9. The molecule has 8 rings (SSSR count). The zero-order valence-electron chi connectivity index (χ0n) is 43.1. The Kier molecular flexibility index (Phi) is 16.7. The van der Waals surface area contributed by atoms with E-state index in [4.69, 9.17) is 9.72 Å². The Balaban J connectivity index is 0.756. The number of rotatable bonds is 20. The molecule has 20 heteroatoms. The molecular formula is C54H68N12O7S. The molecule has 2 fully saturated rings. The third kappa shape index (κ3) is 12.7. The molecule has 3 amide bonds. The molecule has 2 aliphatic heterocycles. The normalized spacial score (nSPS) is 16.9. The van der Waals surface area contributed by atoms with Crippen molar-refractivity contribution < 1.29 is 29.3 Å². The molecule has 74 heavy (non-hydrogen) atoms. The zero-order chi connectivity index (χ0) is 52.7. The number of hydrogen-bond donors (Lipinski definition) is 5. The Labute approximate surface area is 435 Å². The average Bonchev–Trinajstić information content (AvgIpc) is 4.07. The number of anilines is 3. The van der Waals surface area contributed by atoms with Gasteiger partial charge in [0.05, 0.1) is 34.4 Å². The number of fused-ring (bicyclic) bond motifs is 1. The maximum atomic E-state index is 14.1. The monoisotopic (exact) mass is 1030 g/mol. The SMILES string of the molecule is C=CCn1c(=O)c2cnc(Nc3ccc(N4CCN(CCCCOCC(=O)N[C@H](C(=O)N5C[C@H](O)C[C@H]5C(=O)NCc5ccc(-c6scnc6C)cc5)C(C)(C)C)CC4)cc3)nc2n1-c1cccc(C(C)(C)O)n1. The topological polar surface area (TPSA) is 225 Å². The van der Waals surface area contributed by atoms with Gasteiger partial charge < -0.3 is 40.7 Å². The Morgan fingerprint density at radius 1 is 0.959 bits per heavy atom. The lowest BCUT2D eigenvalue weighted by atomic mass is 9.85. The Hall–Kier alpha value is -6.84. The van der Waals surface area contributed by atoms with Gasteiger partial charge in [0.15, 0.2) is 11.5 Å². The summed E-state index contributed by atoms with van der Waals surface area (Å²) in [6.07, 6.45) is 4.05. The molecule has 0 radical (unpaired) electrons. The van der Waals surface area contributed by atoms with Crippen LogP contribution < -0.4 is 26.4 Å². The van der Waals surface area contributed by atoms with Crippen LogP contribution in [0.15, 0.2) is 95.9 Å². The Morgan fingerprint density at radius 2 is 1.70 bits per heavy atom. The highest BCUT2D eigenvalue weighted by Gasteiger charge is 2.44. The second-order valence-electron chi connectivity index (χ2n) is 20.6. The number of pyridine rings is 1. The number of benzene rings is 2. The van der Waals surface area contributed by atoms with Crippen molar-refractivity contribution in [1.29, 1.82) is 0 Å². The Morgan fingerprint density at radius 3 is 2.38 bits per heavy atom. The van der Waals surface area contributed by atoms with Crippen molar-refractivity contribution in [3.05, 3.63) is 118 Å². The number of amides is 3. The molecule has 4 aromatic heterocycles. The van der Waals surface area contributed by atoms with Crippen LogP contribution >= 0.6 is 11.3 Å². The third-order valence-electron chi connectivity index (χ3n) is 13.4. The molecule has 0 spiro atoms. The van der Waals surface area contributed by atoms with Gasteiger partial charge in [-0.2, -0.15) is 4.98 Å². The van der Waals surface area contributed by atoms with E-state index in [1.807, 2.05) is 69.6 Å². The first kappa shape index (κ1) is 53.5. The molecule has 2 saturated heterocycles. The molecule has 2 aromatic carbocycles. The van der Waals surface area contributed by atoms with E-state index in [0.717, 1.165) is 78.6 Å². The maximum absolute atomic E-state index is 14.1. The van der Waals surface area contributed by atoms with Gasteiger partial charge >= 0.3 is 0 Å². The first-order valence-corrected chi connectivity index (χ1v) is 26.0. The van der Waals surface area contributed by atoms with Crippen LogP contribution in [0.25, 0.3) is 27.3 Å². The van der Waals surface area contributed by atoms with E-state index >= 15 is 0 Å². The minimum Gasteiger partial charge on any atom is -0.391 e. The highest BCUT2D eigenvalue weighted by atomic mass is 32.1. The van der Waals surface area contributed by atoms with E-state index < -0.39 is 41.0 Å². The number of aryl methyl sites for hydroxylation is 1. The van der Waals surface area contributed by atoms with Gasteiger partial charge in [-0.15, -0.1) is 17.9 Å². The fourth-order valence-electron chi connectivity index (χ4n) is 9.29. The lowest BCUT2D eigenvalue weighted by Crippen LogP contribution is -2.58. The summed E-state index contributed by atoms with van der Waals surface area (Å²) >= 11 is 1.58. The molecule has 392 valence electrons. The second-order valence-corrected chi connectivity index (χ2v) is 21.4. The number of aliphatic hydroxyl groups excluding tert-OH is 1. The summed E-state index contributed by atoms with van der Waals surface area (Å²) in [7, 11) is 0. The van der Waals surface area contributed by atoms with Gasteiger partial charge in [0, 0.05) is 69.9 Å². The van der Waals surface area contributed by atoms with Crippen molar-refractivity contribution in [1.82, 2.24) is 49.7 Å². The fourth-order valence-corrected chi connectivity index (χ4v) is 10.1. The summed E-state index contributed by atoms with van der Waals surface area (Å²) in [5.41, 5.74) is 5.29. The van der Waals surface area contributed by atoms with Gasteiger partial charge in [0.1, 0.15) is 29.7 Å². The zero-order valence-corrected chi connectivity index (χ0v) is 43.9. The Bertz CT molecular complexity index is 2990. The quantitative estimate of drug-likeness (QED) is 0.0484. The van der Waals surface area contributed by atoms with Crippen molar-refractivity contribution >= 4 is 57.4 Å². The summed E-state index contributed by atoms with van der Waals surface area (Å²) in [5, 5.41) is 30.7. The van der Waals surface area contributed by atoms with Crippen LogP contribution in [0.2, 0.25) is 0 Å². The van der Waals surface area contributed by atoms with Gasteiger partial charge in [-0.1, -0.05) is 57.2 Å². The molecule has 2 aliphatic rings. The van der Waals surface area contributed by atoms with Crippen molar-refractivity contribution in [3.8, 4) is 16.3 Å². The molecule has 0 bridgehead atoms. The lowest BCUT2D eigenvalue weighted by molar-refractivity contribution is -0.144. The van der Waals surface area contributed by atoms with Gasteiger partial charge in [0.2, 0.25) is 23.7 Å². The average molecular weight is 1030 g/mol. The van der Waals surface area contributed by atoms with Crippen LogP contribution in [0, 0.1) is 12.3 Å². The van der Waals surface area contributed by atoms with Crippen molar-refractivity contribution in [2.75, 3.05) is 62.7 Å². The summed E-state index contributed by atoms with van der Waals surface area (Å²) in [6.45, 7) is 19.8. The fraction of sp³-hybridized carbons (Fsp3) is 0.444. The molecule has 5 N–H and O–H groups in total. The third-order valence-corrected chi connectivity index (χ3v) is 14.4. The van der Waals surface area contributed by atoms with Crippen LogP contribution in [-0.4, -0.2) is 138 Å². The van der Waals surface area contributed by atoms with Gasteiger partial charge in [-0.05, 0) is 93.1 Å². The number of carbonyl (C=O) groups excluding carboxylic acids is 3. The number of piperazine rings is 1. The molecule has 0 aliphatic carbocycles. The standard InChI is InChI=1S/C54H68N12O7S/c1-8-22-65-50(70)41-31-56-52(61-48(41)66(65)44-13-11-12-43(59-44)54(6,7)72)58-38-18-20-39(21-19-38)63-26-24-62(25-27-63)23-9-10-28-73-33-45(68)60-47(53(3,4)5)51(71)64-32-40(67)29-42(64)49(69)55-30-36-14-16-37(17-15-36)46-35(2)57-34-74-46/h8,11-21,31,34,40,42,47,67,72H,1,9-10,22-30,32-33H2,2-7H3,(H,55,69)(H,60,68)(H,56,58,61)/t40-,42+,47-/m1/s1. The van der Waals surface area contributed by atoms with Crippen LogP contribution in [0.5, 0.6) is 0 Å². The number of ether oxygens (including phenoxy) is 1. The summed E-state index contributed by atoms with van der Waals surface area (Å²) in [5.74, 6) is -0.456. The summed E-state index contributed by atoms with van der Waals surface area (Å²) in [4.78, 5) is 79.6. The van der Waals surface area contributed by atoms with E-state index in [0.29, 0.717) is 35.1 Å². The predicted octanol–water partition coefficient (Wildman–Crippen LogP) is 5.29. The maximum Gasteiger partial charge on any atom is 0.278 e. The van der Waals surface area contributed by atoms with E-state index in [9.17, 15) is 29.4 Å². The number of aromatic nitrogens is 6. The number of aliphatic hydroxyl groups is 2. The molecule has 0 saturated carbocycles. The largest absolute Gasteiger partial charge is 0.391 e. The van der Waals surface area contributed by atoms with E-state index in [1.165, 1.54) is 15.8 Å². The van der Waals surface area contributed by atoms with Crippen molar-refractivity contribution in [2.45, 2.75) is 97.7 Å². The number of unbranched alkanes of at least 4 members (excludes halogenated alkanes) is 1. The minimum absolute atomic E-state index is 0.00303. The highest BCUT2D eigenvalue weighted by Crippen LogP contribution is 2.29. The van der Waals surface area contributed by atoms with Gasteiger partial charge in [0.25, 0.3) is 5.56 Å². The molecule has 6 heterocycles. The van der Waals surface area contributed by atoms with Crippen molar-refractivity contribution in [3.63, 3.8) is 0 Å². The molecule has 19 nitrogen and oxygen atoms in total. The van der Waals surface area contributed by atoms with E-state index in [-0.39, 0.29) is 44.1 Å². The number of hydrogen-bond acceptors (Lipinski definition) is 15. The van der Waals surface area contributed by atoms with Crippen LogP contribution in [-0.2, 0) is 37.8 Å². The number of likely N-dealkylation sites (tertiary alicyclic amines) is 1. The first-order chi connectivity index (χ1) is 35.4. The number of nitrogens with one attached hydrogen (secondary N) is 3. The van der Waals surface area contributed by atoms with E-state index in [1.54, 1.807) is 54.1 Å². The first-order valence-electron chi connectivity index (χ1n) is 25.1. The number of allylic oxidation sites excluding steroid dienone is 1. The minimum atomic E-state index is -1.19. The van der Waals surface area contributed by atoms with Crippen LogP contribution in [0.4, 0.5) is 17.3 Å². The van der Waals surface area contributed by atoms with Crippen LogP contribution in [0.3, 0.4) is 0 Å². The van der Waals surface area contributed by atoms with Gasteiger partial charge in [-0.25, -0.2) is 24.3 Å². The second kappa shape index (κ2) is 23.1. The molecule has 0 unspecified atom stereocenters. The number of β-amino-alcohol motifs (C(OH)–C–C–N with tert-alkyl or cyclic N) is 1. The summed E-state index contributed by atoms with van der Waals surface area (Å²) in [6, 6.07) is 19.4. The van der Waals surface area contributed by atoms with Crippen LogP contribution in [0.1, 0.15) is 70.8 Å². The smallest absolute Gasteiger partial charge is 0.278 e. The number of thiazole rings is 1. The van der Waals surface area contributed by atoms with Gasteiger partial charge in [-0.3, -0.25) is 24.1 Å². The van der Waals surface area contributed by atoms with Crippen molar-refractivity contribution in [2.24, 2.45) is 5.41 Å². The molecular weight excluding hydrogens is 961 g/mol. The summed E-state index contributed by atoms with van der Waals surface area (Å²) < 4.78 is 8.89. The molecule has 3 atom stereocenters. The van der Waals surface area contributed by atoms with E-state index in [2.05, 4.69) is 59.4 Å². The highest BCUT2D eigenvalue weighted by molar-refractivity contribution is 7.13. The number of carbonyl (C=O) groups is 3. The lowest BCUT2D eigenvalue weighted by Gasteiger charge is -2.36. The molecule has 6 aromatic rings.